The fourth-order valence-corrected chi connectivity index (χ4v) is 5.91. The molecule has 146 valence electrons. The molecule has 0 aliphatic heterocycles. The summed E-state index contributed by atoms with van der Waals surface area (Å²) in [6.07, 6.45) is 20.3. The minimum atomic E-state index is 0.998. The van der Waals surface area contributed by atoms with Crippen LogP contribution in [-0.4, -0.2) is 0 Å². The Morgan fingerprint density at radius 1 is 0.654 bits per heavy atom. The minimum absolute atomic E-state index is 0.998. The molecule has 2 fully saturated rings. The van der Waals surface area contributed by atoms with Gasteiger partial charge in [0.05, 0.1) is 0 Å². The molecule has 0 spiro atoms. The molecule has 2 saturated carbocycles. The van der Waals surface area contributed by atoms with Gasteiger partial charge >= 0.3 is 0 Å². The summed E-state index contributed by atoms with van der Waals surface area (Å²) in [6, 6.07) is 9.38. The molecule has 0 nitrogen and oxygen atoms in total. The number of benzene rings is 1. The zero-order valence-electron chi connectivity index (χ0n) is 17.5. The summed E-state index contributed by atoms with van der Waals surface area (Å²) < 4.78 is 0. The molecule has 0 amide bonds. The highest BCUT2D eigenvalue weighted by atomic mass is 14.4. The average molecular weight is 355 g/mol. The Bertz CT molecular complexity index is 501. The lowest BCUT2D eigenvalue weighted by Crippen LogP contribution is -2.26. The monoisotopic (exact) mass is 354 g/mol. The first kappa shape index (κ1) is 20.0. The van der Waals surface area contributed by atoms with Crippen molar-refractivity contribution < 1.29 is 0 Å². The molecule has 0 aromatic heterocycles. The average Bonchev–Trinajstić information content (AvgIpc) is 2.68. The van der Waals surface area contributed by atoms with Gasteiger partial charge in [-0.05, 0) is 79.7 Å². The molecular weight excluding hydrogens is 312 g/mol. The second-order valence-electron chi connectivity index (χ2n) is 9.46. The Kier molecular flexibility index (Phi) is 8.08. The van der Waals surface area contributed by atoms with Crippen molar-refractivity contribution in [3.63, 3.8) is 0 Å². The van der Waals surface area contributed by atoms with Crippen LogP contribution in [0.2, 0.25) is 0 Å². The number of hydrogen-bond donors (Lipinski definition) is 0. The maximum atomic E-state index is 2.46. The quantitative estimate of drug-likeness (QED) is 0.444. The zero-order valence-corrected chi connectivity index (χ0v) is 17.5. The normalized spacial score (nSPS) is 29.6. The second kappa shape index (κ2) is 10.5. The minimum Gasteiger partial charge on any atom is -0.0654 e. The van der Waals surface area contributed by atoms with Gasteiger partial charge in [-0.3, -0.25) is 0 Å². The Balaban J connectivity index is 1.37. The van der Waals surface area contributed by atoms with E-state index in [2.05, 4.69) is 38.1 Å². The van der Waals surface area contributed by atoms with Gasteiger partial charge in [0.2, 0.25) is 0 Å². The van der Waals surface area contributed by atoms with E-state index in [1.807, 2.05) is 0 Å². The molecule has 0 heteroatoms. The molecule has 1 aromatic carbocycles. The molecule has 2 aliphatic carbocycles. The van der Waals surface area contributed by atoms with Crippen molar-refractivity contribution in [1.29, 1.82) is 0 Å². The van der Waals surface area contributed by atoms with E-state index in [1.165, 1.54) is 82.6 Å². The van der Waals surface area contributed by atoms with Crippen molar-refractivity contribution >= 4 is 0 Å². The fraction of sp³-hybridized carbons (Fsp3) is 0.769. The summed E-state index contributed by atoms with van der Waals surface area (Å²) in [7, 11) is 0. The van der Waals surface area contributed by atoms with Crippen molar-refractivity contribution in [3.8, 4) is 0 Å². The highest BCUT2D eigenvalue weighted by molar-refractivity contribution is 5.23. The van der Waals surface area contributed by atoms with Gasteiger partial charge in [-0.25, -0.2) is 0 Å². The highest BCUT2D eigenvalue weighted by Gasteiger charge is 2.30. The van der Waals surface area contributed by atoms with Gasteiger partial charge in [-0.2, -0.15) is 0 Å². The Morgan fingerprint density at radius 3 is 1.73 bits per heavy atom. The molecule has 2 aliphatic rings. The Hall–Kier alpha value is -0.780. The predicted octanol–water partition coefficient (Wildman–Crippen LogP) is 7.98. The molecular formula is C26H42. The highest BCUT2D eigenvalue weighted by Crippen LogP contribution is 2.42. The lowest BCUT2D eigenvalue weighted by Gasteiger charge is -2.38. The second-order valence-corrected chi connectivity index (χ2v) is 9.46. The molecule has 26 heavy (non-hydrogen) atoms. The van der Waals surface area contributed by atoms with Crippen molar-refractivity contribution in [3.05, 3.63) is 35.4 Å². The van der Waals surface area contributed by atoms with Gasteiger partial charge in [-0.1, -0.05) is 83.1 Å². The van der Waals surface area contributed by atoms with E-state index in [0.29, 0.717) is 0 Å². The van der Waals surface area contributed by atoms with Crippen LogP contribution in [0.4, 0.5) is 0 Å². The lowest BCUT2D eigenvalue weighted by atomic mass is 9.68. The predicted molar refractivity (Wildman–Crippen MR) is 115 cm³/mol. The molecule has 3 rings (SSSR count). The van der Waals surface area contributed by atoms with Gasteiger partial charge in [0.25, 0.3) is 0 Å². The van der Waals surface area contributed by atoms with Crippen molar-refractivity contribution in [1.82, 2.24) is 0 Å². The molecule has 0 bridgehead atoms. The number of aryl methyl sites for hydroxylation is 2. The summed E-state index contributed by atoms with van der Waals surface area (Å²) in [5.41, 5.74) is 3.11. The lowest BCUT2D eigenvalue weighted by molar-refractivity contribution is 0.141. The molecule has 0 atom stereocenters. The maximum absolute atomic E-state index is 2.46. The summed E-state index contributed by atoms with van der Waals surface area (Å²) in [5.74, 6) is 4.21. The van der Waals surface area contributed by atoms with Crippen molar-refractivity contribution in [2.75, 3.05) is 0 Å². The summed E-state index contributed by atoms with van der Waals surface area (Å²) >= 11 is 0. The largest absolute Gasteiger partial charge is 0.0654 e. The molecule has 0 unspecified atom stereocenters. The van der Waals surface area contributed by atoms with E-state index in [-0.39, 0.29) is 0 Å². The van der Waals surface area contributed by atoms with E-state index < -0.39 is 0 Å². The molecule has 0 N–H and O–H groups in total. The first-order chi connectivity index (χ1) is 12.8. The van der Waals surface area contributed by atoms with Crippen LogP contribution in [0.3, 0.4) is 0 Å². The van der Waals surface area contributed by atoms with E-state index in [0.717, 1.165) is 23.7 Å². The summed E-state index contributed by atoms with van der Waals surface area (Å²) in [5, 5.41) is 0. The molecule has 0 radical (unpaired) electrons. The third-order valence-corrected chi connectivity index (χ3v) is 7.52. The van der Waals surface area contributed by atoms with E-state index in [4.69, 9.17) is 0 Å². The van der Waals surface area contributed by atoms with Crippen LogP contribution < -0.4 is 0 Å². The van der Waals surface area contributed by atoms with Crippen molar-refractivity contribution in [2.24, 2.45) is 23.7 Å². The summed E-state index contributed by atoms with van der Waals surface area (Å²) in [6.45, 7) is 4.63. The van der Waals surface area contributed by atoms with Crippen molar-refractivity contribution in [2.45, 2.75) is 104 Å². The maximum Gasteiger partial charge on any atom is -0.0276 e. The fourth-order valence-electron chi connectivity index (χ4n) is 5.91. The van der Waals surface area contributed by atoms with Gasteiger partial charge in [0.1, 0.15) is 0 Å². The van der Waals surface area contributed by atoms with Gasteiger partial charge in [0, 0.05) is 0 Å². The van der Waals surface area contributed by atoms with Crippen LogP contribution in [0.15, 0.2) is 24.3 Å². The molecule has 0 saturated heterocycles. The third-order valence-electron chi connectivity index (χ3n) is 7.52. The molecule has 0 heterocycles. The smallest absolute Gasteiger partial charge is 0.0276 e. The standard InChI is InChI=1S/C26H42/c1-3-6-21-12-16-25(17-13-21)26-18-14-22(15-19-26)10-11-24-9-5-8-23(20-24)7-4-2/h5,8-9,20-22,25-26H,3-4,6-7,10-19H2,1-2H3. The van der Waals surface area contributed by atoms with Crippen LogP contribution in [0, 0.1) is 23.7 Å². The Labute approximate surface area is 163 Å². The summed E-state index contributed by atoms with van der Waals surface area (Å²) in [4.78, 5) is 0. The van der Waals surface area contributed by atoms with E-state index in [9.17, 15) is 0 Å². The number of rotatable bonds is 8. The van der Waals surface area contributed by atoms with Gasteiger partial charge < -0.3 is 0 Å². The third kappa shape index (κ3) is 5.86. The zero-order chi connectivity index (χ0) is 18.2. The van der Waals surface area contributed by atoms with Crippen LogP contribution >= 0.6 is 0 Å². The van der Waals surface area contributed by atoms with Crippen LogP contribution in [0.25, 0.3) is 0 Å². The number of hydrogen-bond acceptors (Lipinski definition) is 0. The topological polar surface area (TPSA) is 0 Å². The van der Waals surface area contributed by atoms with E-state index in [1.54, 1.807) is 18.4 Å². The van der Waals surface area contributed by atoms with Crippen LogP contribution in [-0.2, 0) is 12.8 Å². The first-order valence-electron chi connectivity index (χ1n) is 11.9. The van der Waals surface area contributed by atoms with E-state index >= 15 is 0 Å². The van der Waals surface area contributed by atoms with Crippen LogP contribution in [0.1, 0.15) is 102 Å². The van der Waals surface area contributed by atoms with Crippen LogP contribution in [0.5, 0.6) is 0 Å². The SMILES string of the molecule is CCCc1cccc(CCC2CCC(C3CCC(CCC)CC3)CC2)c1. The van der Waals surface area contributed by atoms with Gasteiger partial charge in [0.15, 0.2) is 0 Å². The Morgan fingerprint density at radius 2 is 1.19 bits per heavy atom. The molecule has 1 aromatic rings. The first-order valence-corrected chi connectivity index (χ1v) is 11.9. The van der Waals surface area contributed by atoms with Gasteiger partial charge in [-0.15, -0.1) is 0 Å².